The predicted molar refractivity (Wildman–Crippen MR) is 29.8 cm³/mol. The van der Waals surface area contributed by atoms with Crippen molar-refractivity contribution in [2.24, 2.45) is 0 Å². The van der Waals surface area contributed by atoms with Gasteiger partial charge in [0, 0.05) is 7.11 Å². The standard InChI is InChI=1S/C5H7ClO2/c1-8-5(2-3-5)4(6)7/h2-3H2,1H3. The minimum absolute atomic E-state index is 0.361. The Morgan fingerprint density at radius 2 is 2.25 bits per heavy atom. The van der Waals surface area contributed by atoms with Crippen molar-refractivity contribution in [2.75, 3.05) is 7.11 Å². The monoisotopic (exact) mass is 134 g/mol. The van der Waals surface area contributed by atoms with Crippen LogP contribution >= 0.6 is 11.6 Å². The quantitative estimate of drug-likeness (QED) is 0.526. The van der Waals surface area contributed by atoms with Crippen LogP contribution in [0.2, 0.25) is 0 Å². The minimum Gasteiger partial charge on any atom is -0.369 e. The van der Waals surface area contributed by atoms with E-state index in [9.17, 15) is 4.79 Å². The Morgan fingerprint density at radius 3 is 2.25 bits per heavy atom. The number of hydrogen-bond acceptors (Lipinski definition) is 2. The zero-order valence-electron chi connectivity index (χ0n) is 4.61. The van der Waals surface area contributed by atoms with Gasteiger partial charge in [0.25, 0.3) is 5.24 Å². The minimum atomic E-state index is -0.582. The maximum Gasteiger partial charge on any atom is 0.253 e. The van der Waals surface area contributed by atoms with E-state index in [1.54, 1.807) is 0 Å². The van der Waals surface area contributed by atoms with Crippen LogP contribution in [0.15, 0.2) is 0 Å². The number of rotatable bonds is 2. The van der Waals surface area contributed by atoms with E-state index in [1.807, 2.05) is 0 Å². The molecule has 0 aliphatic heterocycles. The van der Waals surface area contributed by atoms with E-state index in [4.69, 9.17) is 16.3 Å². The average Bonchev–Trinajstić information content (AvgIpc) is 2.44. The molecule has 2 nitrogen and oxygen atoms in total. The summed E-state index contributed by atoms with van der Waals surface area (Å²) in [7, 11) is 1.51. The largest absolute Gasteiger partial charge is 0.369 e. The van der Waals surface area contributed by atoms with E-state index >= 15 is 0 Å². The first-order chi connectivity index (χ1) is 3.71. The van der Waals surface area contributed by atoms with Gasteiger partial charge in [-0.25, -0.2) is 0 Å². The van der Waals surface area contributed by atoms with Crippen LogP contribution in [0.3, 0.4) is 0 Å². The Morgan fingerprint density at radius 1 is 1.75 bits per heavy atom. The highest BCUT2D eigenvalue weighted by atomic mass is 35.5. The molecule has 0 saturated heterocycles. The molecule has 0 amide bonds. The molecule has 1 aliphatic rings. The Labute approximate surface area is 52.8 Å². The number of methoxy groups -OCH3 is 1. The van der Waals surface area contributed by atoms with E-state index in [0.29, 0.717) is 0 Å². The lowest BCUT2D eigenvalue weighted by molar-refractivity contribution is -0.122. The first-order valence-electron chi connectivity index (χ1n) is 2.46. The van der Waals surface area contributed by atoms with Gasteiger partial charge in [-0.15, -0.1) is 0 Å². The lowest BCUT2D eigenvalue weighted by atomic mass is 10.4. The van der Waals surface area contributed by atoms with E-state index in [1.165, 1.54) is 7.11 Å². The van der Waals surface area contributed by atoms with Crippen LogP contribution < -0.4 is 0 Å². The summed E-state index contributed by atoms with van der Waals surface area (Å²) in [6.45, 7) is 0. The molecular weight excluding hydrogens is 128 g/mol. The summed E-state index contributed by atoms with van der Waals surface area (Å²) in [4.78, 5) is 10.4. The van der Waals surface area contributed by atoms with Gasteiger partial charge in [-0.1, -0.05) is 0 Å². The van der Waals surface area contributed by atoms with Crippen molar-refractivity contribution < 1.29 is 9.53 Å². The predicted octanol–water partition coefficient (Wildman–Crippen LogP) is 0.931. The molecule has 0 aromatic heterocycles. The van der Waals surface area contributed by atoms with Gasteiger partial charge >= 0.3 is 0 Å². The molecule has 1 aliphatic carbocycles. The Bertz CT molecular complexity index is 118. The molecule has 0 spiro atoms. The van der Waals surface area contributed by atoms with Crippen LogP contribution in [0.4, 0.5) is 0 Å². The van der Waals surface area contributed by atoms with Gasteiger partial charge in [0.05, 0.1) is 0 Å². The lowest BCUT2D eigenvalue weighted by Gasteiger charge is -2.03. The van der Waals surface area contributed by atoms with Crippen molar-refractivity contribution in [3.05, 3.63) is 0 Å². The van der Waals surface area contributed by atoms with E-state index < -0.39 is 5.60 Å². The molecule has 3 heteroatoms. The number of halogens is 1. The summed E-state index contributed by atoms with van der Waals surface area (Å²) in [5.74, 6) is 0. The van der Waals surface area contributed by atoms with Gasteiger partial charge in [0.1, 0.15) is 5.60 Å². The van der Waals surface area contributed by atoms with Gasteiger partial charge in [-0.2, -0.15) is 0 Å². The normalized spacial score (nSPS) is 22.8. The third kappa shape index (κ3) is 0.740. The first kappa shape index (κ1) is 6.05. The van der Waals surface area contributed by atoms with Crippen molar-refractivity contribution >= 4 is 16.8 Å². The van der Waals surface area contributed by atoms with E-state index in [0.717, 1.165) is 12.8 Å². The zero-order chi connectivity index (χ0) is 6.20. The summed E-state index contributed by atoms with van der Waals surface area (Å²) in [6.07, 6.45) is 1.57. The molecule has 1 saturated carbocycles. The maximum absolute atomic E-state index is 10.4. The van der Waals surface area contributed by atoms with Crippen molar-refractivity contribution in [1.82, 2.24) is 0 Å². The van der Waals surface area contributed by atoms with E-state index in [2.05, 4.69) is 0 Å². The molecule has 0 unspecified atom stereocenters. The molecule has 0 N–H and O–H groups in total. The molecule has 46 valence electrons. The van der Waals surface area contributed by atoms with Crippen LogP contribution in [0.1, 0.15) is 12.8 Å². The smallest absolute Gasteiger partial charge is 0.253 e. The molecule has 0 heterocycles. The van der Waals surface area contributed by atoms with E-state index in [-0.39, 0.29) is 5.24 Å². The third-order valence-corrected chi connectivity index (χ3v) is 1.80. The van der Waals surface area contributed by atoms with Gasteiger partial charge in [-0.05, 0) is 24.4 Å². The molecule has 0 radical (unpaired) electrons. The van der Waals surface area contributed by atoms with Gasteiger partial charge < -0.3 is 4.74 Å². The summed E-state index contributed by atoms with van der Waals surface area (Å²) < 4.78 is 4.83. The molecule has 0 aromatic rings. The number of ether oxygens (including phenoxy) is 1. The number of carbonyl (C=O) groups is 1. The summed E-state index contributed by atoms with van der Waals surface area (Å²) in [5.41, 5.74) is -0.582. The highest BCUT2D eigenvalue weighted by Crippen LogP contribution is 2.40. The second-order valence-corrected chi connectivity index (χ2v) is 2.32. The molecule has 0 aromatic carbocycles. The molecular formula is C5H7ClO2. The molecule has 8 heavy (non-hydrogen) atoms. The second-order valence-electron chi connectivity index (χ2n) is 1.97. The number of carbonyl (C=O) groups excluding carboxylic acids is 1. The van der Waals surface area contributed by atoms with Crippen molar-refractivity contribution in [1.29, 1.82) is 0 Å². The third-order valence-electron chi connectivity index (χ3n) is 1.45. The van der Waals surface area contributed by atoms with Crippen LogP contribution in [0.25, 0.3) is 0 Å². The van der Waals surface area contributed by atoms with Crippen LogP contribution in [-0.2, 0) is 9.53 Å². The van der Waals surface area contributed by atoms with Gasteiger partial charge in [0.2, 0.25) is 0 Å². The maximum atomic E-state index is 10.4. The Hall–Kier alpha value is -0.0800. The fourth-order valence-corrected chi connectivity index (χ4v) is 0.861. The molecule has 0 atom stereocenters. The van der Waals surface area contributed by atoms with Gasteiger partial charge in [0.15, 0.2) is 0 Å². The second kappa shape index (κ2) is 1.71. The summed E-state index contributed by atoms with van der Waals surface area (Å²) in [5, 5.41) is -0.361. The SMILES string of the molecule is COC1(C(=O)Cl)CC1. The van der Waals surface area contributed by atoms with Crippen LogP contribution in [0.5, 0.6) is 0 Å². The van der Waals surface area contributed by atoms with Crippen LogP contribution in [0, 0.1) is 0 Å². The molecule has 0 bridgehead atoms. The van der Waals surface area contributed by atoms with Gasteiger partial charge in [-0.3, -0.25) is 4.79 Å². The molecule has 1 fully saturated rings. The fourth-order valence-electron chi connectivity index (χ4n) is 0.594. The lowest BCUT2D eigenvalue weighted by Crippen LogP contribution is -2.19. The zero-order valence-corrected chi connectivity index (χ0v) is 5.36. The summed E-state index contributed by atoms with van der Waals surface area (Å²) in [6, 6.07) is 0. The Balaban J connectivity index is 2.53. The van der Waals surface area contributed by atoms with Crippen molar-refractivity contribution in [2.45, 2.75) is 18.4 Å². The highest BCUT2D eigenvalue weighted by Gasteiger charge is 2.49. The Kier molecular flexibility index (Phi) is 1.29. The first-order valence-corrected chi connectivity index (χ1v) is 2.84. The van der Waals surface area contributed by atoms with Crippen molar-refractivity contribution in [3.8, 4) is 0 Å². The van der Waals surface area contributed by atoms with Crippen LogP contribution in [-0.4, -0.2) is 18.0 Å². The average molecular weight is 135 g/mol. The number of hydrogen-bond donors (Lipinski definition) is 0. The van der Waals surface area contributed by atoms with Crippen molar-refractivity contribution in [3.63, 3.8) is 0 Å². The molecule has 1 rings (SSSR count). The topological polar surface area (TPSA) is 26.3 Å². The fraction of sp³-hybridized carbons (Fsp3) is 0.800. The summed E-state index contributed by atoms with van der Waals surface area (Å²) >= 11 is 5.17. The highest BCUT2D eigenvalue weighted by molar-refractivity contribution is 6.65.